The Hall–Kier alpha value is -1.59. The molecule has 0 bridgehead atoms. The molecule has 1 aromatic heterocycles. The molecule has 0 amide bonds. The summed E-state index contributed by atoms with van der Waals surface area (Å²) < 4.78 is 0. The number of aryl methyl sites for hydroxylation is 1. The third kappa shape index (κ3) is 3.78. The van der Waals surface area contributed by atoms with Gasteiger partial charge in [0.15, 0.2) is 10.3 Å². The minimum atomic E-state index is 0.528. The van der Waals surface area contributed by atoms with Crippen molar-refractivity contribution in [3.63, 3.8) is 0 Å². The highest BCUT2D eigenvalue weighted by molar-refractivity contribution is 7.17. The molecule has 0 saturated carbocycles. The van der Waals surface area contributed by atoms with E-state index in [1.54, 1.807) is 17.6 Å². The second-order valence-electron chi connectivity index (χ2n) is 5.44. The highest BCUT2D eigenvalue weighted by Gasteiger charge is 2.16. The maximum Gasteiger partial charge on any atom is 0.187 e. The van der Waals surface area contributed by atoms with Crippen molar-refractivity contribution in [3.8, 4) is 0 Å². The van der Waals surface area contributed by atoms with Gasteiger partial charge in [-0.2, -0.15) is 5.10 Å². The zero-order valence-electron chi connectivity index (χ0n) is 12.6. The van der Waals surface area contributed by atoms with Crippen molar-refractivity contribution in [2.24, 2.45) is 5.10 Å². The van der Waals surface area contributed by atoms with E-state index < -0.39 is 0 Å². The largest absolute Gasteiger partial charge is 0.348 e. The third-order valence-corrected chi connectivity index (χ3v) is 5.10. The second kappa shape index (κ2) is 7.11. The number of hydrogen-bond acceptors (Lipinski definition) is 5. The Morgan fingerprint density at radius 2 is 1.95 bits per heavy atom. The predicted octanol–water partition coefficient (Wildman–Crippen LogP) is 4.54. The standard InChI is InChI=1S/C16H19ClN4S/c1-12-5-7-13(8-6-12)20-18-11-14-15(17)19-16(22-14)21-9-3-2-4-10-21/h5-8,11,20H,2-4,9-10H2,1H3/b18-11-. The van der Waals surface area contributed by atoms with Crippen LogP contribution in [0, 0.1) is 6.92 Å². The molecule has 3 rings (SSSR count). The normalized spacial score (nSPS) is 15.5. The minimum absolute atomic E-state index is 0.528. The van der Waals surface area contributed by atoms with Crippen molar-refractivity contribution in [1.29, 1.82) is 0 Å². The topological polar surface area (TPSA) is 40.5 Å². The molecule has 2 heterocycles. The van der Waals surface area contributed by atoms with Gasteiger partial charge in [-0.15, -0.1) is 0 Å². The number of rotatable bonds is 4. The summed E-state index contributed by atoms with van der Waals surface area (Å²) in [5.41, 5.74) is 5.20. The molecular weight excluding hydrogens is 316 g/mol. The molecule has 4 nitrogen and oxygen atoms in total. The van der Waals surface area contributed by atoms with Crippen molar-refractivity contribution in [3.05, 3.63) is 39.9 Å². The maximum absolute atomic E-state index is 6.22. The summed E-state index contributed by atoms with van der Waals surface area (Å²) in [5, 5.41) is 5.78. The average molecular weight is 335 g/mol. The van der Waals surface area contributed by atoms with E-state index >= 15 is 0 Å². The molecule has 22 heavy (non-hydrogen) atoms. The van der Waals surface area contributed by atoms with E-state index in [1.165, 1.54) is 24.8 Å². The molecular formula is C16H19ClN4S. The Balaban J connectivity index is 1.65. The van der Waals surface area contributed by atoms with E-state index in [0.29, 0.717) is 5.15 Å². The van der Waals surface area contributed by atoms with Gasteiger partial charge in [0.05, 0.1) is 16.8 Å². The van der Waals surface area contributed by atoms with Crippen LogP contribution in [0.2, 0.25) is 5.15 Å². The first-order valence-corrected chi connectivity index (χ1v) is 8.69. The third-order valence-electron chi connectivity index (χ3n) is 3.65. The van der Waals surface area contributed by atoms with Gasteiger partial charge in [-0.05, 0) is 38.3 Å². The van der Waals surface area contributed by atoms with Gasteiger partial charge in [0.25, 0.3) is 0 Å². The van der Waals surface area contributed by atoms with Gasteiger partial charge in [0.2, 0.25) is 0 Å². The number of nitrogens with one attached hydrogen (secondary N) is 1. The molecule has 6 heteroatoms. The van der Waals surface area contributed by atoms with Crippen molar-refractivity contribution >= 4 is 40.0 Å². The number of hydrogen-bond donors (Lipinski definition) is 1. The quantitative estimate of drug-likeness (QED) is 0.659. The van der Waals surface area contributed by atoms with Crippen LogP contribution in [-0.2, 0) is 0 Å². The van der Waals surface area contributed by atoms with E-state index in [1.807, 2.05) is 24.3 Å². The fourth-order valence-electron chi connectivity index (χ4n) is 2.40. The number of hydrazone groups is 1. The highest BCUT2D eigenvalue weighted by atomic mass is 35.5. The first-order chi connectivity index (χ1) is 10.7. The lowest BCUT2D eigenvalue weighted by atomic mass is 10.1. The predicted molar refractivity (Wildman–Crippen MR) is 95.6 cm³/mol. The summed E-state index contributed by atoms with van der Waals surface area (Å²) in [6.07, 6.45) is 5.52. The monoisotopic (exact) mass is 334 g/mol. The van der Waals surface area contributed by atoms with Crippen LogP contribution in [0.25, 0.3) is 0 Å². The van der Waals surface area contributed by atoms with Crippen LogP contribution in [0.1, 0.15) is 29.7 Å². The van der Waals surface area contributed by atoms with E-state index in [0.717, 1.165) is 28.8 Å². The smallest absolute Gasteiger partial charge is 0.187 e. The molecule has 0 radical (unpaired) electrons. The van der Waals surface area contributed by atoms with Gasteiger partial charge in [-0.25, -0.2) is 4.98 Å². The molecule has 0 atom stereocenters. The van der Waals surface area contributed by atoms with Crippen LogP contribution in [-0.4, -0.2) is 24.3 Å². The van der Waals surface area contributed by atoms with E-state index in [2.05, 4.69) is 27.3 Å². The highest BCUT2D eigenvalue weighted by Crippen LogP contribution is 2.30. The molecule has 1 aromatic carbocycles. The maximum atomic E-state index is 6.22. The van der Waals surface area contributed by atoms with Gasteiger partial charge >= 0.3 is 0 Å². The lowest BCUT2D eigenvalue weighted by Gasteiger charge is -2.25. The molecule has 0 aliphatic carbocycles. The number of piperidine rings is 1. The molecule has 116 valence electrons. The molecule has 0 unspecified atom stereocenters. The van der Waals surface area contributed by atoms with Gasteiger partial charge in [0, 0.05) is 13.1 Å². The summed E-state index contributed by atoms with van der Waals surface area (Å²) >= 11 is 7.82. The van der Waals surface area contributed by atoms with Crippen LogP contribution in [0.4, 0.5) is 10.8 Å². The molecule has 0 spiro atoms. The van der Waals surface area contributed by atoms with E-state index in [4.69, 9.17) is 11.6 Å². The number of thiazole rings is 1. The van der Waals surface area contributed by atoms with E-state index in [9.17, 15) is 0 Å². The Labute approximate surface area is 139 Å². The molecule has 1 N–H and O–H groups in total. The van der Waals surface area contributed by atoms with Crippen LogP contribution in [0.15, 0.2) is 29.4 Å². The van der Waals surface area contributed by atoms with Crippen LogP contribution in [0.5, 0.6) is 0 Å². The fourth-order valence-corrected chi connectivity index (χ4v) is 3.57. The Kier molecular flexibility index (Phi) is 4.95. The number of anilines is 2. The summed E-state index contributed by atoms with van der Waals surface area (Å²) in [6.45, 7) is 4.20. The Morgan fingerprint density at radius 3 is 2.68 bits per heavy atom. The minimum Gasteiger partial charge on any atom is -0.348 e. The summed E-state index contributed by atoms with van der Waals surface area (Å²) in [7, 11) is 0. The van der Waals surface area contributed by atoms with Gasteiger partial charge in [-0.3, -0.25) is 5.43 Å². The van der Waals surface area contributed by atoms with Crippen molar-refractivity contribution in [2.75, 3.05) is 23.4 Å². The zero-order valence-corrected chi connectivity index (χ0v) is 14.1. The first kappa shape index (κ1) is 15.3. The van der Waals surface area contributed by atoms with Crippen LogP contribution >= 0.6 is 22.9 Å². The van der Waals surface area contributed by atoms with Crippen molar-refractivity contribution < 1.29 is 0 Å². The summed E-state index contributed by atoms with van der Waals surface area (Å²) in [5.74, 6) is 0. The lowest BCUT2D eigenvalue weighted by molar-refractivity contribution is 0.577. The van der Waals surface area contributed by atoms with Gasteiger partial charge in [0.1, 0.15) is 0 Å². The van der Waals surface area contributed by atoms with Gasteiger partial charge < -0.3 is 4.90 Å². The second-order valence-corrected chi connectivity index (χ2v) is 6.80. The van der Waals surface area contributed by atoms with Crippen LogP contribution in [0.3, 0.4) is 0 Å². The number of aromatic nitrogens is 1. The van der Waals surface area contributed by atoms with Crippen molar-refractivity contribution in [1.82, 2.24) is 4.98 Å². The van der Waals surface area contributed by atoms with Gasteiger partial charge in [-0.1, -0.05) is 40.6 Å². The number of halogens is 1. The number of benzene rings is 1. The first-order valence-electron chi connectivity index (χ1n) is 7.49. The zero-order chi connectivity index (χ0) is 15.4. The lowest BCUT2D eigenvalue weighted by Crippen LogP contribution is -2.29. The number of nitrogens with zero attached hydrogens (tertiary/aromatic N) is 3. The molecule has 1 aliphatic heterocycles. The summed E-state index contributed by atoms with van der Waals surface area (Å²) in [6, 6.07) is 8.10. The molecule has 1 fully saturated rings. The Morgan fingerprint density at radius 1 is 1.23 bits per heavy atom. The fraction of sp³-hybridized carbons (Fsp3) is 0.375. The van der Waals surface area contributed by atoms with Crippen molar-refractivity contribution in [2.45, 2.75) is 26.2 Å². The molecule has 1 saturated heterocycles. The average Bonchev–Trinajstić information content (AvgIpc) is 2.91. The van der Waals surface area contributed by atoms with Crippen LogP contribution < -0.4 is 10.3 Å². The summed E-state index contributed by atoms with van der Waals surface area (Å²) in [4.78, 5) is 7.66. The Bertz CT molecular complexity index is 645. The SMILES string of the molecule is Cc1ccc(N/N=C\c2sc(N3CCCCC3)nc2Cl)cc1. The molecule has 2 aromatic rings. The van der Waals surface area contributed by atoms with E-state index in [-0.39, 0.29) is 0 Å². The molecule has 1 aliphatic rings.